The first kappa shape index (κ1) is 35.6. The van der Waals surface area contributed by atoms with E-state index in [0.717, 1.165) is 61.0 Å². The molecule has 0 fully saturated rings. The molecule has 269 valence electrons. The van der Waals surface area contributed by atoms with Crippen LogP contribution in [0.5, 0.6) is 0 Å². The average molecular weight is 898 g/mol. The fraction of sp³-hybridized carbons (Fsp3) is 0.146. The normalized spacial score (nSPS) is 11.9. The Kier molecular flexibility index (Phi) is 11.0. The van der Waals surface area contributed by atoms with Crippen molar-refractivity contribution in [1.29, 1.82) is 5.26 Å². The predicted molar refractivity (Wildman–Crippen MR) is 221 cm³/mol. The third-order valence-corrected chi connectivity index (χ3v) is 11.1. The molecule has 0 bridgehead atoms. The summed E-state index contributed by atoms with van der Waals surface area (Å²) in [6.07, 6.45) is 2.20. The predicted octanol–water partition coefficient (Wildman–Crippen LogP) is 11.9. The number of hydrogen-bond donors (Lipinski definition) is 0. The summed E-state index contributed by atoms with van der Waals surface area (Å²) in [5.74, 6) is -0.148. The minimum atomic E-state index is -1.44. The SMILES string of the molecule is C[Si](C)(C)c1ccc(-c2[c-]cc(C#N)c(-c3ccccc3)c2)nc1.[2H]C([2H])(c1ccnc(-c2[c-]ccc3c2oc2ccc(-c4ccccc4)cc23)c1)C(C)C.[Ir]. The van der Waals surface area contributed by atoms with Crippen LogP contribution < -0.4 is 5.19 Å². The second kappa shape index (κ2) is 16.7. The smallest absolute Gasteiger partial charge is 0.120 e. The summed E-state index contributed by atoms with van der Waals surface area (Å²) in [4.78, 5) is 9.14. The molecule has 0 N–H and O–H groups in total. The van der Waals surface area contributed by atoms with Crippen molar-refractivity contribution >= 4 is 35.2 Å². The van der Waals surface area contributed by atoms with E-state index >= 15 is 0 Å². The molecule has 0 aliphatic heterocycles. The van der Waals surface area contributed by atoms with Gasteiger partial charge in [0.05, 0.1) is 13.7 Å². The molecule has 0 amide bonds. The quantitative estimate of drug-likeness (QED) is 0.118. The molecule has 0 spiro atoms. The molecule has 0 atom stereocenters. The van der Waals surface area contributed by atoms with E-state index in [-0.39, 0.29) is 26.0 Å². The Morgan fingerprint density at radius 2 is 1.52 bits per heavy atom. The van der Waals surface area contributed by atoms with Crippen molar-refractivity contribution in [1.82, 2.24) is 9.97 Å². The van der Waals surface area contributed by atoms with E-state index < -0.39 is 14.4 Å². The Morgan fingerprint density at radius 1 is 0.778 bits per heavy atom. The van der Waals surface area contributed by atoms with Crippen LogP contribution in [-0.4, -0.2) is 18.0 Å². The van der Waals surface area contributed by atoms with Crippen LogP contribution in [0, 0.1) is 29.4 Å². The van der Waals surface area contributed by atoms with Gasteiger partial charge in [-0.3, -0.25) is 0 Å². The Labute approximate surface area is 335 Å². The monoisotopic (exact) mass is 898 g/mol. The first-order chi connectivity index (χ1) is 26.4. The fourth-order valence-corrected chi connectivity index (χ4v) is 7.35. The van der Waals surface area contributed by atoms with E-state index in [4.69, 9.17) is 7.16 Å². The second-order valence-corrected chi connectivity index (χ2v) is 19.4. The molecule has 0 aliphatic rings. The van der Waals surface area contributed by atoms with Gasteiger partial charge in [0.2, 0.25) is 0 Å². The van der Waals surface area contributed by atoms with Crippen LogP contribution in [0.1, 0.15) is 27.7 Å². The Hall–Kier alpha value is -5.44. The van der Waals surface area contributed by atoms with Gasteiger partial charge < -0.3 is 14.4 Å². The minimum absolute atomic E-state index is 0. The van der Waals surface area contributed by atoms with Gasteiger partial charge in [-0.25, -0.2) is 5.26 Å². The molecule has 4 nitrogen and oxygen atoms in total. The van der Waals surface area contributed by atoms with Crippen molar-refractivity contribution in [2.45, 2.75) is 39.9 Å². The number of hydrogen-bond acceptors (Lipinski definition) is 4. The molecular formula is C48H41IrN3OSi-2. The number of aromatic nitrogens is 2. The number of nitrogens with zero attached hydrogens (tertiary/aromatic N) is 3. The number of pyridine rings is 2. The molecule has 6 heteroatoms. The van der Waals surface area contributed by atoms with Gasteiger partial charge in [-0.15, -0.1) is 42.0 Å². The average Bonchev–Trinajstić information content (AvgIpc) is 3.59. The van der Waals surface area contributed by atoms with Crippen LogP contribution in [0.15, 0.2) is 144 Å². The van der Waals surface area contributed by atoms with Crippen molar-refractivity contribution in [2.24, 2.45) is 5.92 Å². The largest absolute Gasteiger partial charge is 0.501 e. The van der Waals surface area contributed by atoms with Crippen LogP contribution in [-0.2, 0) is 26.5 Å². The zero-order valence-corrected chi connectivity index (χ0v) is 34.3. The molecule has 3 aromatic heterocycles. The van der Waals surface area contributed by atoms with Crippen molar-refractivity contribution in [3.8, 4) is 50.8 Å². The van der Waals surface area contributed by atoms with Crippen LogP contribution in [0.4, 0.5) is 0 Å². The fourth-order valence-electron chi connectivity index (χ4n) is 6.32. The summed E-state index contributed by atoms with van der Waals surface area (Å²) in [5, 5.41) is 12.8. The van der Waals surface area contributed by atoms with Gasteiger partial charge in [0.1, 0.15) is 5.58 Å². The molecule has 0 aliphatic carbocycles. The van der Waals surface area contributed by atoms with Crippen molar-refractivity contribution in [3.63, 3.8) is 0 Å². The van der Waals surface area contributed by atoms with E-state index in [1.165, 1.54) is 5.19 Å². The molecule has 0 saturated carbocycles. The zero-order chi connectivity index (χ0) is 38.7. The number of benzene rings is 5. The molecule has 3 heterocycles. The van der Waals surface area contributed by atoms with Gasteiger partial charge in [-0.05, 0) is 69.3 Å². The van der Waals surface area contributed by atoms with Gasteiger partial charge in [0, 0.05) is 46.7 Å². The first-order valence-corrected chi connectivity index (χ1v) is 21.3. The Balaban J connectivity index is 0.000000193. The molecule has 8 rings (SSSR count). The maximum atomic E-state index is 9.39. The standard InChI is InChI=1S/C27H22NO.C21H19N2Si.Ir/c1-18(2)15-19-13-14-28-25(16-19)23-10-6-9-22-24-17-21(20-7-4-3-5-8-20)11-12-26(24)29-27(22)23;1-24(2,3)19-11-12-21(23-15-19)17-9-10-18(14-22)20(13-17)16-7-5-4-6-8-16;/h3-9,11-14,16-18H,15H2,1-2H3;4-8,10-13,15H,1-3H3;/q2*-1;/i15D2;;. The summed E-state index contributed by atoms with van der Waals surface area (Å²) in [5.41, 5.74) is 10.2. The molecule has 5 aromatic carbocycles. The number of nitriles is 1. The molecular weight excluding hydrogens is 855 g/mol. The topological polar surface area (TPSA) is 62.7 Å². The van der Waals surface area contributed by atoms with Crippen molar-refractivity contribution < 1.29 is 27.3 Å². The molecule has 8 aromatic rings. The van der Waals surface area contributed by atoms with Crippen molar-refractivity contribution in [2.75, 3.05) is 0 Å². The zero-order valence-electron chi connectivity index (χ0n) is 32.9. The summed E-state index contributed by atoms with van der Waals surface area (Å²) < 4.78 is 23.1. The maximum absolute atomic E-state index is 9.39. The molecule has 0 saturated heterocycles. The van der Waals surface area contributed by atoms with Crippen LogP contribution in [0.2, 0.25) is 19.6 Å². The van der Waals surface area contributed by atoms with Gasteiger partial charge >= 0.3 is 0 Å². The number of rotatable bonds is 7. The van der Waals surface area contributed by atoms with Crippen LogP contribution in [0.3, 0.4) is 0 Å². The van der Waals surface area contributed by atoms with E-state index in [9.17, 15) is 5.26 Å². The molecule has 0 unspecified atom stereocenters. The Bertz CT molecular complexity index is 2650. The van der Waals surface area contributed by atoms with E-state index in [0.29, 0.717) is 16.8 Å². The second-order valence-electron chi connectivity index (χ2n) is 14.3. The van der Waals surface area contributed by atoms with E-state index in [2.05, 4.69) is 84.2 Å². The van der Waals surface area contributed by atoms with E-state index in [1.54, 1.807) is 18.3 Å². The van der Waals surface area contributed by atoms with Gasteiger partial charge in [0.25, 0.3) is 0 Å². The summed E-state index contributed by atoms with van der Waals surface area (Å²) >= 11 is 0. The third-order valence-electron chi connectivity index (χ3n) is 9.07. The van der Waals surface area contributed by atoms with Gasteiger partial charge in [-0.1, -0.05) is 140 Å². The van der Waals surface area contributed by atoms with Crippen LogP contribution in [0.25, 0.3) is 66.7 Å². The van der Waals surface area contributed by atoms with Gasteiger partial charge in [0.15, 0.2) is 0 Å². The summed E-state index contributed by atoms with van der Waals surface area (Å²) in [6, 6.07) is 50.6. The van der Waals surface area contributed by atoms with Crippen LogP contribution >= 0.6 is 0 Å². The minimum Gasteiger partial charge on any atom is -0.501 e. The number of fused-ring (bicyclic) bond motifs is 3. The van der Waals surface area contributed by atoms with Crippen molar-refractivity contribution in [3.05, 3.63) is 163 Å². The Morgan fingerprint density at radius 3 is 2.19 bits per heavy atom. The van der Waals surface area contributed by atoms with E-state index in [1.807, 2.05) is 98.9 Å². The molecule has 54 heavy (non-hydrogen) atoms. The summed E-state index contributed by atoms with van der Waals surface area (Å²) in [6.45, 7) is 10.7. The third kappa shape index (κ3) is 8.51. The number of furan rings is 1. The maximum Gasteiger partial charge on any atom is 0.120 e. The first-order valence-electron chi connectivity index (χ1n) is 18.8. The molecule has 1 radical (unpaired) electrons. The van der Waals surface area contributed by atoms with Gasteiger partial charge in [-0.2, -0.15) is 0 Å². The summed E-state index contributed by atoms with van der Waals surface area (Å²) in [7, 11) is -1.35.